The molecular formula is C6H11NO. The first-order valence-electron chi connectivity index (χ1n) is 2.62. The van der Waals surface area contributed by atoms with E-state index in [1.807, 2.05) is 0 Å². The molecule has 0 rings (SSSR count). The number of aliphatic hydroxyl groups excluding tert-OH is 1. The quantitative estimate of drug-likeness (QED) is 0.421. The van der Waals surface area contributed by atoms with Crippen molar-refractivity contribution in [2.24, 2.45) is 4.99 Å². The van der Waals surface area contributed by atoms with E-state index in [9.17, 15) is 0 Å². The van der Waals surface area contributed by atoms with Gasteiger partial charge in [-0.15, -0.1) is 6.58 Å². The lowest BCUT2D eigenvalue weighted by Crippen LogP contribution is -1.82. The third kappa shape index (κ3) is 5.37. The summed E-state index contributed by atoms with van der Waals surface area (Å²) in [6, 6.07) is 0. The van der Waals surface area contributed by atoms with Crippen LogP contribution in [0.25, 0.3) is 0 Å². The second-order valence-electron chi connectivity index (χ2n) is 1.35. The predicted molar refractivity (Wildman–Crippen MR) is 35.3 cm³/mol. The van der Waals surface area contributed by atoms with Gasteiger partial charge in [0.25, 0.3) is 0 Å². The zero-order valence-corrected chi connectivity index (χ0v) is 4.88. The molecule has 0 atom stereocenters. The first-order chi connectivity index (χ1) is 3.91. The molecule has 2 nitrogen and oxygen atoms in total. The minimum absolute atomic E-state index is 0.181. The molecule has 0 aromatic carbocycles. The van der Waals surface area contributed by atoms with Crippen LogP contribution in [-0.4, -0.2) is 24.5 Å². The molecule has 0 aliphatic carbocycles. The van der Waals surface area contributed by atoms with Crippen LogP contribution < -0.4 is 0 Å². The van der Waals surface area contributed by atoms with Gasteiger partial charge in [-0.2, -0.15) is 0 Å². The summed E-state index contributed by atoms with van der Waals surface area (Å²) >= 11 is 0. The molecule has 0 saturated carbocycles. The molecule has 2 heteroatoms. The highest BCUT2D eigenvalue weighted by Gasteiger charge is 1.70. The van der Waals surface area contributed by atoms with E-state index < -0.39 is 0 Å². The van der Waals surface area contributed by atoms with Crippen molar-refractivity contribution >= 4 is 6.21 Å². The summed E-state index contributed by atoms with van der Waals surface area (Å²) in [5, 5.41) is 8.25. The highest BCUT2D eigenvalue weighted by atomic mass is 16.2. The maximum Gasteiger partial charge on any atom is 0.0563 e. The van der Waals surface area contributed by atoms with E-state index in [2.05, 4.69) is 11.6 Å². The van der Waals surface area contributed by atoms with Crippen molar-refractivity contribution in [2.75, 3.05) is 13.2 Å². The first kappa shape index (κ1) is 7.37. The van der Waals surface area contributed by atoms with Crippen LogP contribution in [0.5, 0.6) is 0 Å². The summed E-state index contributed by atoms with van der Waals surface area (Å²) in [5.41, 5.74) is 0. The minimum atomic E-state index is 0.181. The standard InChI is InChI=1S/C6H11NO/c1-2-4-7-5-3-6-8/h2,5,8H,1,3-4,6H2/b7-5-. The summed E-state index contributed by atoms with van der Waals surface area (Å²) in [5.74, 6) is 0. The number of aliphatic hydroxyl groups is 1. The fourth-order valence-electron chi connectivity index (χ4n) is 0.298. The Balaban J connectivity index is 2.94. The molecule has 0 aliphatic heterocycles. The van der Waals surface area contributed by atoms with Gasteiger partial charge in [-0.05, 0) is 0 Å². The summed E-state index contributed by atoms with van der Waals surface area (Å²) in [4.78, 5) is 3.88. The van der Waals surface area contributed by atoms with Gasteiger partial charge in [-0.25, -0.2) is 0 Å². The van der Waals surface area contributed by atoms with E-state index in [0.717, 1.165) is 0 Å². The minimum Gasteiger partial charge on any atom is -0.396 e. The largest absolute Gasteiger partial charge is 0.396 e. The van der Waals surface area contributed by atoms with E-state index in [-0.39, 0.29) is 6.61 Å². The Labute approximate surface area is 49.6 Å². The Morgan fingerprint density at radius 3 is 2.88 bits per heavy atom. The molecule has 0 saturated heterocycles. The molecule has 0 aromatic heterocycles. The maximum absolute atomic E-state index is 8.25. The Hall–Kier alpha value is -0.630. The Kier molecular flexibility index (Phi) is 5.87. The number of rotatable bonds is 4. The summed E-state index contributed by atoms with van der Waals surface area (Å²) in [6.07, 6.45) is 4.06. The van der Waals surface area contributed by atoms with E-state index in [1.165, 1.54) is 0 Å². The predicted octanol–water partition coefficient (Wildman–Crippen LogP) is 0.626. The van der Waals surface area contributed by atoms with Crippen LogP contribution in [0, 0.1) is 0 Å². The fourth-order valence-corrected chi connectivity index (χ4v) is 0.298. The molecule has 1 N–H and O–H groups in total. The molecule has 0 amide bonds. The van der Waals surface area contributed by atoms with Gasteiger partial charge in [0.05, 0.1) is 6.54 Å². The SMILES string of the molecule is C=CC/N=C\CCO. The second-order valence-corrected chi connectivity index (χ2v) is 1.35. The van der Waals surface area contributed by atoms with Gasteiger partial charge in [0.1, 0.15) is 0 Å². The molecule has 8 heavy (non-hydrogen) atoms. The lowest BCUT2D eigenvalue weighted by Gasteiger charge is -1.81. The average molecular weight is 113 g/mol. The topological polar surface area (TPSA) is 32.6 Å². The molecule has 0 fully saturated rings. The van der Waals surface area contributed by atoms with Gasteiger partial charge in [0.2, 0.25) is 0 Å². The smallest absolute Gasteiger partial charge is 0.0563 e. The van der Waals surface area contributed by atoms with E-state index in [4.69, 9.17) is 5.11 Å². The lowest BCUT2D eigenvalue weighted by molar-refractivity contribution is 0.308. The van der Waals surface area contributed by atoms with Crippen molar-refractivity contribution in [3.05, 3.63) is 12.7 Å². The lowest BCUT2D eigenvalue weighted by atomic mass is 10.5. The third-order valence-corrected chi connectivity index (χ3v) is 0.622. The Bertz CT molecular complexity index is 78.6. The number of hydrogen-bond acceptors (Lipinski definition) is 2. The fraction of sp³-hybridized carbons (Fsp3) is 0.500. The van der Waals surface area contributed by atoms with Gasteiger partial charge < -0.3 is 5.11 Å². The van der Waals surface area contributed by atoms with Crippen molar-refractivity contribution in [1.29, 1.82) is 0 Å². The summed E-state index contributed by atoms with van der Waals surface area (Å²) in [7, 11) is 0. The summed E-state index contributed by atoms with van der Waals surface area (Å²) in [6.45, 7) is 4.32. The van der Waals surface area contributed by atoms with Crippen LogP contribution in [0.3, 0.4) is 0 Å². The number of nitrogens with zero attached hydrogens (tertiary/aromatic N) is 1. The monoisotopic (exact) mass is 113 g/mol. The van der Waals surface area contributed by atoms with E-state index >= 15 is 0 Å². The zero-order valence-electron chi connectivity index (χ0n) is 4.88. The highest BCUT2D eigenvalue weighted by Crippen LogP contribution is 1.71. The molecule has 0 aromatic rings. The number of hydrogen-bond donors (Lipinski definition) is 1. The summed E-state index contributed by atoms with van der Waals surface area (Å²) < 4.78 is 0. The van der Waals surface area contributed by atoms with E-state index in [1.54, 1.807) is 12.3 Å². The Morgan fingerprint density at radius 2 is 2.38 bits per heavy atom. The number of aliphatic imine (C=N–C) groups is 1. The van der Waals surface area contributed by atoms with Crippen molar-refractivity contribution in [3.63, 3.8) is 0 Å². The molecular weight excluding hydrogens is 102 g/mol. The molecule has 0 spiro atoms. The van der Waals surface area contributed by atoms with Crippen LogP contribution in [0.2, 0.25) is 0 Å². The van der Waals surface area contributed by atoms with Gasteiger partial charge in [-0.1, -0.05) is 6.08 Å². The molecule has 0 heterocycles. The molecule has 46 valence electrons. The second kappa shape index (κ2) is 6.37. The Morgan fingerprint density at radius 1 is 1.62 bits per heavy atom. The normalized spacial score (nSPS) is 10.1. The van der Waals surface area contributed by atoms with Crippen LogP contribution in [0.1, 0.15) is 6.42 Å². The van der Waals surface area contributed by atoms with Crippen LogP contribution in [0.4, 0.5) is 0 Å². The van der Waals surface area contributed by atoms with Gasteiger partial charge >= 0.3 is 0 Å². The van der Waals surface area contributed by atoms with Crippen molar-refractivity contribution in [2.45, 2.75) is 6.42 Å². The van der Waals surface area contributed by atoms with Gasteiger partial charge in [0.15, 0.2) is 0 Å². The molecule has 0 bridgehead atoms. The van der Waals surface area contributed by atoms with Crippen molar-refractivity contribution in [1.82, 2.24) is 0 Å². The van der Waals surface area contributed by atoms with Crippen molar-refractivity contribution < 1.29 is 5.11 Å². The molecule has 0 aliphatic rings. The van der Waals surface area contributed by atoms with Gasteiger partial charge in [0, 0.05) is 19.2 Å². The zero-order chi connectivity index (χ0) is 6.24. The van der Waals surface area contributed by atoms with Crippen LogP contribution in [0.15, 0.2) is 17.6 Å². The van der Waals surface area contributed by atoms with Crippen LogP contribution >= 0.6 is 0 Å². The first-order valence-corrected chi connectivity index (χ1v) is 2.62. The van der Waals surface area contributed by atoms with Crippen molar-refractivity contribution in [3.8, 4) is 0 Å². The van der Waals surface area contributed by atoms with Gasteiger partial charge in [-0.3, -0.25) is 4.99 Å². The third-order valence-electron chi connectivity index (χ3n) is 0.622. The highest BCUT2D eigenvalue weighted by molar-refractivity contribution is 5.57. The molecule has 0 radical (unpaired) electrons. The average Bonchev–Trinajstić information content (AvgIpc) is 1.81. The molecule has 0 unspecified atom stereocenters. The maximum atomic E-state index is 8.25. The van der Waals surface area contributed by atoms with E-state index in [0.29, 0.717) is 13.0 Å². The van der Waals surface area contributed by atoms with Crippen LogP contribution in [-0.2, 0) is 0 Å².